The summed E-state index contributed by atoms with van der Waals surface area (Å²) in [5.74, 6) is -0.515. The number of rotatable bonds is 10. The first kappa shape index (κ1) is 29.7. The van der Waals surface area contributed by atoms with Crippen LogP contribution in [0.2, 0.25) is 0 Å². The summed E-state index contributed by atoms with van der Waals surface area (Å²) in [6, 6.07) is 14.4. The first-order valence-corrected chi connectivity index (χ1v) is 14.8. The second-order valence-corrected chi connectivity index (χ2v) is 11.7. The normalized spacial score (nSPS) is 24.5. The van der Waals surface area contributed by atoms with Gasteiger partial charge in [-0.25, -0.2) is 13.5 Å². The molecule has 3 heterocycles. The number of nitrogens with one attached hydrogen (secondary N) is 1. The van der Waals surface area contributed by atoms with Crippen LogP contribution in [-0.2, 0) is 23.4 Å². The maximum atomic E-state index is 16.0. The van der Waals surface area contributed by atoms with Crippen LogP contribution in [0.3, 0.4) is 0 Å². The lowest BCUT2D eigenvalue weighted by Crippen LogP contribution is -2.40. The van der Waals surface area contributed by atoms with Gasteiger partial charge in [0.05, 0.1) is 18.9 Å². The molecule has 5 rings (SSSR count). The molecule has 1 aliphatic rings. The van der Waals surface area contributed by atoms with E-state index in [1.54, 1.807) is 37.3 Å². The van der Waals surface area contributed by atoms with Crippen LogP contribution < -0.4 is 21.1 Å². The van der Waals surface area contributed by atoms with Gasteiger partial charge in [-0.1, -0.05) is 36.4 Å². The first-order valence-electron chi connectivity index (χ1n) is 13.2. The van der Waals surface area contributed by atoms with Crippen molar-refractivity contribution in [1.29, 1.82) is 0 Å². The van der Waals surface area contributed by atoms with Crippen molar-refractivity contribution in [2.24, 2.45) is 0 Å². The number of aliphatic hydroxyl groups is 1. The van der Waals surface area contributed by atoms with Crippen LogP contribution in [0.5, 0.6) is 5.75 Å². The average molecular weight is 603 g/mol. The van der Waals surface area contributed by atoms with Crippen LogP contribution in [0.1, 0.15) is 32.6 Å². The third kappa shape index (κ3) is 5.63. The molecule has 1 unspecified atom stereocenters. The van der Waals surface area contributed by atoms with Gasteiger partial charge >= 0.3 is 13.7 Å². The van der Waals surface area contributed by atoms with Gasteiger partial charge in [-0.2, -0.15) is 10.1 Å². The summed E-state index contributed by atoms with van der Waals surface area (Å²) in [6.45, 7) is 3.79. The highest BCUT2D eigenvalue weighted by atomic mass is 31.2. The Hall–Kier alpha value is -3.81. The van der Waals surface area contributed by atoms with Crippen LogP contribution in [0.25, 0.3) is 16.3 Å². The number of anilines is 2. The van der Waals surface area contributed by atoms with E-state index in [0.29, 0.717) is 10.9 Å². The summed E-state index contributed by atoms with van der Waals surface area (Å²) >= 11 is 0. The van der Waals surface area contributed by atoms with Gasteiger partial charge in [0.15, 0.2) is 11.5 Å². The van der Waals surface area contributed by atoms with Crippen molar-refractivity contribution in [2.45, 2.75) is 50.8 Å². The van der Waals surface area contributed by atoms with Crippen LogP contribution in [0, 0.1) is 0 Å². The molecule has 6 atom stereocenters. The smallest absolute Gasteiger partial charge is 0.459 e. The molecule has 0 aliphatic carbocycles. The Morgan fingerprint density at radius 1 is 1.24 bits per heavy atom. The van der Waals surface area contributed by atoms with E-state index in [2.05, 4.69) is 15.2 Å². The highest BCUT2D eigenvalue weighted by Gasteiger charge is 2.56. The molecule has 2 aromatic carbocycles. The second kappa shape index (κ2) is 11.5. The number of nitrogens with zero attached hydrogens (tertiary/aromatic N) is 3. The molecule has 4 aromatic rings. The number of carbonyl (C=O) groups is 1. The molecule has 1 saturated heterocycles. The Labute approximate surface area is 240 Å². The molecule has 15 heteroatoms. The van der Waals surface area contributed by atoms with E-state index in [9.17, 15) is 14.5 Å². The number of halogens is 1. The van der Waals surface area contributed by atoms with Crippen LogP contribution in [-0.4, -0.2) is 62.8 Å². The summed E-state index contributed by atoms with van der Waals surface area (Å²) < 4.78 is 53.9. The fourth-order valence-corrected chi connectivity index (χ4v) is 6.39. The van der Waals surface area contributed by atoms with E-state index < -0.39 is 50.3 Å². The van der Waals surface area contributed by atoms with Gasteiger partial charge in [0.1, 0.15) is 35.6 Å². The van der Waals surface area contributed by atoms with E-state index in [1.165, 1.54) is 24.4 Å². The van der Waals surface area contributed by atoms with E-state index in [1.807, 2.05) is 18.2 Å². The molecule has 1 aliphatic heterocycles. The van der Waals surface area contributed by atoms with Crippen LogP contribution in [0.15, 0.2) is 54.6 Å². The summed E-state index contributed by atoms with van der Waals surface area (Å²) in [4.78, 5) is 16.3. The molecule has 0 amide bonds. The first-order chi connectivity index (χ1) is 19.9. The van der Waals surface area contributed by atoms with Crippen molar-refractivity contribution >= 4 is 41.8 Å². The summed E-state index contributed by atoms with van der Waals surface area (Å²) in [5.41, 5.74) is 9.93. The molecule has 0 spiro atoms. The largest absolute Gasteiger partial charge is 0.465 e. The number of aliphatic hydroxyl groups excluding tert-OH is 1. The van der Waals surface area contributed by atoms with Crippen molar-refractivity contribution < 1.29 is 37.4 Å². The minimum Gasteiger partial charge on any atom is -0.465 e. The van der Waals surface area contributed by atoms with Gasteiger partial charge in [0.25, 0.3) is 0 Å². The summed E-state index contributed by atoms with van der Waals surface area (Å²) in [7, 11) is -4.36. The standard InChI is InChI=1S/C27H32FN6O7P/c1-4-38-25(36)15(2)33-42(37,41-20-11-7-9-16-8-5-6-10-17(16)20)39-14-21-22(35)27(3,28)23(40-21)18-12-13-19-24(29)31-26(30)32-34(18)19/h5-13,15,21-23,35H,4,14H2,1-3H3,(H,33,37)(H4,29,30,31,32)/t15-,21+,22+,23-,27+,42?/m0/s1. The highest BCUT2D eigenvalue weighted by Crippen LogP contribution is 2.50. The van der Waals surface area contributed by atoms with Gasteiger partial charge in [0.2, 0.25) is 5.95 Å². The topological polar surface area (TPSA) is 186 Å². The third-order valence-corrected chi connectivity index (χ3v) is 8.61. The Morgan fingerprint density at radius 2 is 1.98 bits per heavy atom. The van der Waals surface area contributed by atoms with Crippen molar-refractivity contribution in [3.05, 3.63) is 60.3 Å². The number of esters is 1. The lowest BCUT2D eigenvalue weighted by molar-refractivity contribution is -0.144. The van der Waals surface area contributed by atoms with Gasteiger partial charge in [-0.15, -0.1) is 5.10 Å². The van der Waals surface area contributed by atoms with Gasteiger partial charge in [0, 0.05) is 5.39 Å². The summed E-state index contributed by atoms with van der Waals surface area (Å²) in [6.07, 6.45) is -4.34. The molecule has 0 radical (unpaired) electrons. The number of carbonyl (C=O) groups excluding carboxylic acids is 1. The number of alkyl halides is 1. The molecular weight excluding hydrogens is 570 g/mol. The van der Waals surface area contributed by atoms with E-state index in [4.69, 9.17) is 30.0 Å². The predicted octanol–water partition coefficient (Wildman–Crippen LogP) is 3.32. The van der Waals surface area contributed by atoms with E-state index in [-0.39, 0.29) is 29.8 Å². The maximum absolute atomic E-state index is 16.0. The van der Waals surface area contributed by atoms with Crippen molar-refractivity contribution in [3.63, 3.8) is 0 Å². The van der Waals surface area contributed by atoms with Crippen molar-refractivity contribution in [1.82, 2.24) is 19.7 Å². The molecule has 2 aromatic heterocycles. The molecule has 42 heavy (non-hydrogen) atoms. The number of hydrogen-bond acceptors (Lipinski definition) is 11. The summed E-state index contributed by atoms with van der Waals surface area (Å²) in [5, 5.41) is 19.1. The van der Waals surface area contributed by atoms with Crippen molar-refractivity contribution in [2.75, 3.05) is 24.7 Å². The van der Waals surface area contributed by atoms with Gasteiger partial charge in [-0.05, 0) is 44.4 Å². The number of ether oxygens (including phenoxy) is 2. The van der Waals surface area contributed by atoms with Gasteiger partial charge in [-0.3, -0.25) is 9.32 Å². The number of nitrogens with two attached hydrogens (primary N) is 2. The lowest BCUT2D eigenvalue weighted by Gasteiger charge is -2.25. The Kier molecular flexibility index (Phi) is 8.10. The molecule has 6 N–H and O–H groups in total. The maximum Gasteiger partial charge on any atom is 0.459 e. The highest BCUT2D eigenvalue weighted by molar-refractivity contribution is 7.52. The zero-order chi connectivity index (χ0) is 30.2. The third-order valence-electron chi connectivity index (χ3n) is 6.98. The van der Waals surface area contributed by atoms with Crippen LogP contribution in [0.4, 0.5) is 16.2 Å². The SMILES string of the molecule is CCOC(=O)[C@H](C)NP(=O)(OC[C@H]1O[C@@H](c2ccc3c(N)nc(N)nn23)[C@](C)(F)[C@@H]1O)Oc1cccc2ccccc12. The number of hydrogen-bond donors (Lipinski definition) is 4. The number of aromatic nitrogens is 3. The number of fused-ring (bicyclic) bond motifs is 2. The lowest BCUT2D eigenvalue weighted by atomic mass is 9.93. The second-order valence-electron chi connectivity index (χ2n) is 10.0. The Bertz CT molecular complexity index is 1660. The molecule has 0 saturated carbocycles. The van der Waals surface area contributed by atoms with Gasteiger partial charge < -0.3 is 30.6 Å². The Morgan fingerprint density at radius 3 is 2.74 bits per heavy atom. The fraction of sp³-hybridized carbons (Fsp3) is 0.370. The van der Waals surface area contributed by atoms with Crippen LogP contribution >= 0.6 is 7.75 Å². The quantitative estimate of drug-likeness (QED) is 0.154. The minimum absolute atomic E-state index is 0.0843. The molecule has 1 fully saturated rings. The van der Waals surface area contributed by atoms with Crippen molar-refractivity contribution in [3.8, 4) is 5.75 Å². The zero-order valence-electron chi connectivity index (χ0n) is 23.1. The monoisotopic (exact) mass is 602 g/mol. The van der Waals surface area contributed by atoms with E-state index in [0.717, 1.165) is 5.39 Å². The molecule has 0 bridgehead atoms. The predicted molar refractivity (Wildman–Crippen MR) is 152 cm³/mol. The Balaban J connectivity index is 1.41. The zero-order valence-corrected chi connectivity index (χ0v) is 24.0. The molecule has 224 valence electrons. The fourth-order valence-electron chi connectivity index (χ4n) is 4.87. The molecule has 13 nitrogen and oxygen atoms in total. The van der Waals surface area contributed by atoms with E-state index >= 15 is 4.39 Å². The number of nitrogen functional groups attached to an aromatic ring is 2. The minimum atomic E-state index is -4.36. The number of benzene rings is 2. The molecular formula is C27H32FN6O7P. The average Bonchev–Trinajstić information content (AvgIpc) is 3.45.